The molecular weight excluding hydrogens is 465 g/mol. The number of nitrogens with one attached hydrogen (secondary N) is 2. The van der Waals surface area contributed by atoms with Gasteiger partial charge in [-0.15, -0.1) is 0 Å². The van der Waals surface area contributed by atoms with E-state index in [0.717, 1.165) is 17.0 Å². The van der Waals surface area contributed by atoms with Crippen molar-refractivity contribution < 1.29 is 32.5 Å². The molecule has 182 valence electrons. The number of carbonyl (C=O) groups excluding carboxylic acids is 3. The van der Waals surface area contributed by atoms with E-state index in [4.69, 9.17) is 9.47 Å². The summed E-state index contributed by atoms with van der Waals surface area (Å²) in [5.41, 5.74) is 0.186. The molecule has 3 amide bonds. The number of carbonyl (C=O) groups is 3. The van der Waals surface area contributed by atoms with E-state index in [1.807, 2.05) is 0 Å². The molecule has 1 heterocycles. The molecule has 0 aliphatic carbocycles. The highest BCUT2D eigenvalue weighted by atomic mass is 32.2. The number of amides is 3. The average Bonchev–Trinajstić information content (AvgIpc) is 3.19. The molecule has 0 saturated heterocycles. The minimum Gasteiger partial charge on any atom is -0.454 e. The van der Waals surface area contributed by atoms with Crippen LogP contribution in [0.1, 0.15) is 20.8 Å². The standard InChI is InChI=1S/C23H26FN3O6S/c1-23(2,3)26-20(28)11-27(17-7-4-15(24)5-8-17)22(30)13-34(31)12-21(29)25-16-6-9-18-19(10-16)33-14-32-18/h4-10H,11-14H2,1-3H3,(H,25,29)(H,26,28). The van der Waals surface area contributed by atoms with Gasteiger partial charge in [-0.2, -0.15) is 0 Å². The first-order valence-corrected chi connectivity index (χ1v) is 11.9. The van der Waals surface area contributed by atoms with Crippen LogP contribution in [0.4, 0.5) is 15.8 Å². The van der Waals surface area contributed by atoms with Gasteiger partial charge in [0.15, 0.2) is 11.5 Å². The Morgan fingerprint density at radius 3 is 2.35 bits per heavy atom. The second-order valence-corrected chi connectivity index (χ2v) is 10.1. The Labute approximate surface area is 199 Å². The minimum absolute atomic E-state index is 0.0944. The number of benzene rings is 2. The molecule has 11 heteroatoms. The summed E-state index contributed by atoms with van der Waals surface area (Å²) in [6.07, 6.45) is 0. The molecular formula is C23H26FN3O6S. The fourth-order valence-corrected chi connectivity index (χ4v) is 4.03. The van der Waals surface area contributed by atoms with Crippen molar-refractivity contribution in [3.05, 3.63) is 48.3 Å². The Morgan fingerprint density at radius 1 is 1.00 bits per heavy atom. The fraction of sp³-hybridized carbons (Fsp3) is 0.348. The van der Waals surface area contributed by atoms with E-state index in [1.54, 1.807) is 39.0 Å². The van der Waals surface area contributed by atoms with Crippen LogP contribution in [-0.4, -0.2) is 52.3 Å². The second-order valence-electron chi connectivity index (χ2n) is 8.60. The minimum atomic E-state index is -1.85. The molecule has 0 aromatic heterocycles. The molecule has 1 unspecified atom stereocenters. The Morgan fingerprint density at radius 2 is 1.68 bits per heavy atom. The molecule has 0 spiro atoms. The highest BCUT2D eigenvalue weighted by molar-refractivity contribution is 7.86. The lowest BCUT2D eigenvalue weighted by Gasteiger charge is -2.26. The van der Waals surface area contributed by atoms with E-state index in [2.05, 4.69) is 10.6 Å². The predicted octanol–water partition coefficient (Wildman–Crippen LogP) is 2.19. The van der Waals surface area contributed by atoms with Gasteiger partial charge in [0.05, 0.1) is 0 Å². The van der Waals surface area contributed by atoms with Crippen LogP contribution >= 0.6 is 0 Å². The summed E-state index contributed by atoms with van der Waals surface area (Å²) in [6, 6.07) is 9.86. The van der Waals surface area contributed by atoms with Crippen molar-refractivity contribution in [3.8, 4) is 11.5 Å². The monoisotopic (exact) mass is 491 g/mol. The number of nitrogens with zero attached hydrogens (tertiary/aromatic N) is 1. The van der Waals surface area contributed by atoms with Crippen LogP contribution in [0.15, 0.2) is 42.5 Å². The zero-order valence-corrected chi connectivity index (χ0v) is 19.9. The molecule has 0 saturated carbocycles. The average molecular weight is 492 g/mol. The molecule has 0 bridgehead atoms. The van der Waals surface area contributed by atoms with E-state index in [1.165, 1.54) is 12.1 Å². The largest absolute Gasteiger partial charge is 0.454 e. The third kappa shape index (κ3) is 7.27. The van der Waals surface area contributed by atoms with Gasteiger partial charge in [0.25, 0.3) is 0 Å². The van der Waals surface area contributed by atoms with Crippen LogP contribution < -0.4 is 25.0 Å². The van der Waals surface area contributed by atoms with E-state index >= 15 is 0 Å². The lowest BCUT2D eigenvalue weighted by molar-refractivity contribution is -0.124. The quantitative estimate of drug-likeness (QED) is 0.585. The first kappa shape index (κ1) is 25.2. The summed E-state index contributed by atoms with van der Waals surface area (Å²) in [5, 5.41) is 5.35. The summed E-state index contributed by atoms with van der Waals surface area (Å²) >= 11 is 0. The Kier molecular flexibility index (Phi) is 7.87. The SMILES string of the molecule is CC(C)(C)NC(=O)CN(C(=O)CS(=O)CC(=O)Nc1ccc2c(c1)OCO2)c1ccc(F)cc1. The molecule has 9 nitrogen and oxygen atoms in total. The molecule has 1 atom stereocenters. The highest BCUT2D eigenvalue weighted by Crippen LogP contribution is 2.34. The van der Waals surface area contributed by atoms with Gasteiger partial charge >= 0.3 is 0 Å². The molecule has 2 aromatic rings. The van der Waals surface area contributed by atoms with Crippen LogP contribution in [0.2, 0.25) is 0 Å². The lowest BCUT2D eigenvalue weighted by Crippen LogP contribution is -2.48. The molecule has 0 fully saturated rings. The third-order valence-corrected chi connectivity index (χ3v) is 5.64. The maximum Gasteiger partial charge on any atom is 0.240 e. The molecule has 2 aromatic carbocycles. The van der Waals surface area contributed by atoms with Crippen molar-refractivity contribution >= 4 is 39.9 Å². The van der Waals surface area contributed by atoms with Gasteiger partial charge in [-0.05, 0) is 57.2 Å². The molecule has 0 radical (unpaired) electrons. The van der Waals surface area contributed by atoms with Gasteiger partial charge in [0, 0.05) is 33.8 Å². The molecule has 34 heavy (non-hydrogen) atoms. The Bertz CT molecular complexity index is 1100. The van der Waals surface area contributed by atoms with E-state index in [0.29, 0.717) is 17.2 Å². The summed E-state index contributed by atoms with van der Waals surface area (Å²) in [5.74, 6) is -1.99. The fourth-order valence-electron chi connectivity index (χ4n) is 3.13. The Hall–Kier alpha value is -3.47. The van der Waals surface area contributed by atoms with Crippen molar-refractivity contribution in [1.82, 2.24) is 5.32 Å². The number of halogens is 1. The smallest absolute Gasteiger partial charge is 0.240 e. The molecule has 3 rings (SSSR count). The number of rotatable bonds is 8. The summed E-state index contributed by atoms with van der Waals surface area (Å²) in [7, 11) is -1.85. The number of anilines is 2. The van der Waals surface area contributed by atoms with Gasteiger partial charge in [-0.25, -0.2) is 4.39 Å². The van der Waals surface area contributed by atoms with Crippen molar-refractivity contribution in [2.75, 3.05) is 35.1 Å². The lowest BCUT2D eigenvalue weighted by atomic mass is 10.1. The first-order valence-electron chi connectivity index (χ1n) is 10.4. The van der Waals surface area contributed by atoms with Gasteiger partial charge in [0.1, 0.15) is 23.9 Å². The highest BCUT2D eigenvalue weighted by Gasteiger charge is 2.24. The number of fused-ring (bicyclic) bond motifs is 1. The topological polar surface area (TPSA) is 114 Å². The van der Waals surface area contributed by atoms with Gasteiger partial charge < -0.3 is 25.0 Å². The first-order chi connectivity index (χ1) is 16.0. The number of ether oxygens (including phenoxy) is 2. The summed E-state index contributed by atoms with van der Waals surface area (Å²) in [4.78, 5) is 38.8. The van der Waals surface area contributed by atoms with Crippen molar-refractivity contribution in [3.63, 3.8) is 0 Å². The summed E-state index contributed by atoms with van der Waals surface area (Å²) in [6.45, 7) is 5.13. The molecule has 2 N–H and O–H groups in total. The van der Waals surface area contributed by atoms with E-state index < -0.39 is 51.4 Å². The van der Waals surface area contributed by atoms with Crippen LogP contribution in [-0.2, 0) is 25.2 Å². The van der Waals surface area contributed by atoms with E-state index in [9.17, 15) is 23.0 Å². The van der Waals surface area contributed by atoms with Crippen molar-refractivity contribution in [2.45, 2.75) is 26.3 Å². The van der Waals surface area contributed by atoms with Crippen molar-refractivity contribution in [2.24, 2.45) is 0 Å². The normalized spacial score (nSPS) is 13.2. The van der Waals surface area contributed by atoms with E-state index in [-0.39, 0.29) is 19.0 Å². The maximum atomic E-state index is 13.4. The van der Waals surface area contributed by atoms with Crippen molar-refractivity contribution in [1.29, 1.82) is 0 Å². The Balaban J connectivity index is 1.62. The molecule has 1 aliphatic heterocycles. The molecule has 1 aliphatic rings. The summed E-state index contributed by atoms with van der Waals surface area (Å²) < 4.78 is 36.4. The van der Waals surface area contributed by atoms with Gasteiger partial charge in [0.2, 0.25) is 24.5 Å². The predicted molar refractivity (Wildman–Crippen MR) is 126 cm³/mol. The zero-order chi connectivity index (χ0) is 24.9. The van der Waals surface area contributed by atoms with Gasteiger partial charge in [-0.3, -0.25) is 18.6 Å². The van der Waals surface area contributed by atoms with Crippen LogP contribution in [0, 0.1) is 5.82 Å². The second kappa shape index (κ2) is 10.6. The maximum absolute atomic E-state index is 13.4. The van der Waals surface area contributed by atoms with Gasteiger partial charge in [-0.1, -0.05) is 0 Å². The number of hydrogen-bond donors (Lipinski definition) is 2. The zero-order valence-electron chi connectivity index (χ0n) is 19.1. The van der Waals surface area contributed by atoms with Crippen LogP contribution in [0.25, 0.3) is 0 Å². The van der Waals surface area contributed by atoms with Crippen LogP contribution in [0.5, 0.6) is 11.5 Å². The third-order valence-electron chi connectivity index (χ3n) is 4.49. The van der Waals surface area contributed by atoms with Crippen LogP contribution in [0.3, 0.4) is 0 Å². The number of hydrogen-bond acceptors (Lipinski definition) is 6.